The van der Waals surface area contributed by atoms with Crippen LogP contribution in [0, 0.1) is 0 Å². The van der Waals surface area contributed by atoms with E-state index in [1.54, 1.807) is 7.11 Å². The van der Waals surface area contributed by atoms with Gasteiger partial charge in [-0.2, -0.15) is 0 Å². The van der Waals surface area contributed by atoms with Crippen LogP contribution in [-0.2, 0) is 9.47 Å². The lowest BCUT2D eigenvalue weighted by molar-refractivity contribution is 0.0333. The molecule has 0 spiro atoms. The summed E-state index contributed by atoms with van der Waals surface area (Å²) in [4.78, 5) is 2.44. The third-order valence-corrected chi connectivity index (χ3v) is 2.79. The molecule has 0 radical (unpaired) electrons. The maximum atomic E-state index is 5.31. The molecule has 1 aliphatic heterocycles. The Labute approximate surface area is 92.9 Å². The van der Waals surface area contributed by atoms with Crippen LogP contribution in [0.1, 0.15) is 13.8 Å². The third kappa shape index (κ3) is 5.47. The fourth-order valence-corrected chi connectivity index (χ4v) is 1.69. The Morgan fingerprint density at radius 3 is 2.60 bits per heavy atom. The molecule has 0 amide bonds. The van der Waals surface area contributed by atoms with E-state index < -0.39 is 0 Å². The highest BCUT2D eigenvalue weighted by Gasteiger charge is 2.13. The Kier molecular flexibility index (Phi) is 6.17. The summed E-state index contributed by atoms with van der Waals surface area (Å²) < 4.78 is 10.5. The lowest BCUT2D eigenvalue weighted by Gasteiger charge is -2.29. The van der Waals surface area contributed by atoms with Crippen molar-refractivity contribution in [3.05, 3.63) is 0 Å². The second-order valence-corrected chi connectivity index (χ2v) is 4.27. The van der Waals surface area contributed by atoms with Crippen LogP contribution in [0.4, 0.5) is 0 Å². The van der Waals surface area contributed by atoms with Gasteiger partial charge in [0.1, 0.15) is 0 Å². The van der Waals surface area contributed by atoms with Crippen molar-refractivity contribution in [2.24, 2.45) is 0 Å². The molecular weight excluding hydrogens is 192 g/mol. The van der Waals surface area contributed by atoms with Gasteiger partial charge in [0.05, 0.1) is 19.3 Å². The molecule has 4 heteroatoms. The average molecular weight is 216 g/mol. The van der Waals surface area contributed by atoms with E-state index in [0.29, 0.717) is 6.04 Å². The number of methoxy groups -OCH3 is 1. The summed E-state index contributed by atoms with van der Waals surface area (Å²) in [6, 6.07) is 0.515. The summed E-state index contributed by atoms with van der Waals surface area (Å²) in [7, 11) is 1.75. The molecule has 0 aromatic rings. The van der Waals surface area contributed by atoms with Crippen LogP contribution in [0.3, 0.4) is 0 Å². The van der Waals surface area contributed by atoms with Gasteiger partial charge in [0.2, 0.25) is 0 Å². The van der Waals surface area contributed by atoms with E-state index in [1.807, 2.05) is 0 Å². The van der Waals surface area contributed by atoms with Gasteiger partial charge in [-0.15, -0.1) is 0 Å². The van der Waals surface area contributed by atoms with Crippen molar-refractivity contribution in [1.82, 2.24) is 10.2 Å². The predicted octanol–water partition coefficient (Wildman–Crippen LogP) is 0.332. The van der Waals surface area contributed by atoms with Crippen molar-refractivity contribution in [2.75, 3.05) is 46.5 Å². The fraction of sp³-hybridized carbons (Fsp3) is 1.00. The van der Waals surface area contributed by atoms with Gasteiger partial charge in [-0.05, 0) is 13.8 Å². The molecule has 2 atom stereocenters. The van der Waals surface area contributed by atoms with Crippen LogP contribution in [0.2, 0.25) is 0 Å². The van der Waals surface area contributed by atoms with Gasteiger partial charge in [0, 0.05) is 39.3 Å². The maximum Gasteiger partial charge on any atom is 0.0667 e. The molecule has 1 saturated heterocycles. The van der Waals surface area contributed by atoms with Crippen molar-refractivity contribution in [3.63, 3.8) is 0 Å². The smallest absolute Gasteiger partial charge is 0.0667 e. The molecule has 4 nitrogen and oxygen atoms in total. The summed E-state index contributed by atoms with van der Waals surface area (Å²) in [6.45, 7) is 10.2. The van der Waals surface area contributed by atoms with Crippen molar-refractivity contribution < 1.29 is 9.47 Å². The Morgan fingerprint density at radius 1 is 1.33 bits per heavy atom. The van der Waals surface area contributed by atoms with E-state index in [9.17, 15) is 0 Å². The summed E-state index contributed by atoms with van der Waals surface area (Å²) in [5.74, 6) is 0. The van der Waals surface area contributed by atoms with Crippen molar-refractivity contribution in [2.45, 2.75) is 26.0 Å². The van der Waals surface area contributed by atoms with Crippen molar-refractivity contribution >= 4 is 0 Å². The SMILES string of the molecule is COC(C)CNC(C)CN1CCOCC1. The van der Waals surface area contributed by atoms with Crippen LogP contribution in [0.25, 0.3) is 0 Å². The first-order chi connectivity index (χ1) is 7.22. The molecule has 1 heterocycles. The van der Waals surface area contributed by atoms with Gasteiger partial charge in [0.15, 0.2) is 0 Å². The zero-order valence-electron chi connectivity index (χ0n) is 10.2. The van der Waals surface area contributed by atoms with Crippen LogP contribution >= 0.6 is 0 Å². The van der Waals surface area contributed by atoms with Crippen LogP contribution in [0.15, 0.2) is 0 Å². The minimum Gasteiger partial charge on any atom is -0.380 e. The van der Waals surface area contributed by atoms with Gasteiger partial charge in [-0.3, -0.25) is 4.90 Å². The van der Waals surface area contributed by atoms with Gasteiger partial charge in [0.25, 0.3) is 0 Å². The molecule has 90 valence electrons. The van der Waals surface area contributed by atoms with Gasteiger partial charge >= 0.3 is 0 Å². The number of nitrogens with one attached hydrogen (secondary N) is 1. The number of hydrogen-bond donors (Lipinski definition) is 1. The quantitative estimate of drug-likeness (QED) is 0.694. The number of morpholine rings is 1. The highest BCUT2D eigenvalue weighted by molar-refractivity contribution is 4.70. The van der Waals surface area contributed by atoms with Gasteiger partial charge < -0.3 is 14.8 Å². The normalized spacial score (nSPS) is 22.6. The standard InChI is InChI=1S/C11H24N2O2/c1-10(12-8-11(2)14-3)9-13-4-6-15-7-5-13/h10-12H,4-9H2,1-3H3. The molecule has 1 N–H and O–H groups in total. The monoisotopic (exact) mass is 216 g/mol. The highest BCUT2D eigenvalue weighted by atomic mass is 16.5. The average Bonchev–Trinajstić information content (AvgIpc) is 2.27. The minimum absolute atomic E-state index is 0.289. The second-order valence-electron chi connectivity index (χ2n) is 4.27. The summed E-state index contributed by atoms with van der Waals surface area (Å²) in [5.41, 5.74) is 0. The molecule has 0 aromatic carbocycles. The van der Waals surface area contributed by atoms with Crippen LogP contribution in [0.5, 0.6) is 0 Å². The summed E-state index contributed by atoms with van der Waals surface area (Å²) >= 11 is 0. The molecule has 1 rings (SSSR count). The van der Waals surface area contributed by atoms with Crippen LogP contribution < -0.4 is 5.32 Å². The fourth-order valence-electron chi connectivity index (χ4n) is 1.69. The Bertz CT molecular complexity index is 161. The molecule has 1 fully saturated rings. The lowest BCUT2D eigenvalue weighted by Crippen LogP contribution is -2.45. The lowest BCUT2D eigenvalue weighted by atomic mass is 10.2. The summed E-state index contributed by atoms with van der Waals surface area (Å²) in [5, 5.41) is 3.47. The molecule has 1 aliphatic rings. The second kappa shape index (κ2) is 7.17. The van der Waals surface area contributed by atoms with E-state index in [-0.39, 0.29) is 6.10 Å². The highest BCUT2D eigenvalue weighted by Crippen LogP contribution is 1.98. The first kappa shape index (κ1) is 12.9. The first-order valence-electron chi connectivity index (χ1n) is 5.78. The van der Waals surface area contributed by atoms with Crippen LogP contribution in [-0.4, -0.2) is 63.5 Å². The Morgan fingerprint density at radius 2 is 2.00 bits per heavy atom. The predicted molar refractivity (Wildman–Crippen MR) is 61.2 cm³/mol. The Hall–Kier alpha value is -0.160. The van der Waals surface area contributed by atoms with E-state index in [0.717, 1.165) is 39.4 Å². The minimum atomic E-state index is 0.289. The van der Waals surface area contributed by atoms with E-state index in [2.05, 4.69) is 24.1 Å². The third-order valence-electron chi connectivity index (χ3n) is 2.79. The number of rotatable bonds is 6. The van der Waals surface area contributed by atoms with E-state index >= 15 is 0 Å². The number of nitrogens with zero attached hydrogens (tertiary/aromatic N) is 1. The molecule has 0 saturated carbocycles. The molecule has 2 unspecified atom stereocenters. The van der Waals surface area contributed by atoms with Crippen molar-refractivity contribution in [1.29, 1.82) is 0 Å². The van der Waals surface area contributed by atoms with Gasteiger partial charge in [-0.1, -0.05) is 0 Å². The van der Waals surface area contributed by atoms with E-state index in [4.69, 9.17) is 9.47 Å². The molecule has 0 bridgehead atoms. The maximum absolute atomic E-state index is 5.31. The zero-order chi connectivity index (χ0) is 11.1. The molecule has 0 aromatic heterocycles. The zero-order valence-corrected chi connectivity index (χ0v) is 10.2. The van der Waals surface area contributed by atoms with E-state index in [1.165, 1.54) is 0 Å². The summed E-state index contributed by atoms with van der Waals surface area (Å²) in [6.07, 6.45) is 0.289. The number of ether oxygens (including phenoxy) is 2. The number of hydrogen-bond acceptors (Lipinski definition) is 4. The van der Waals surface area contributed by atoms with Gasteiger partial charge in [-0.25, -0.2) is 0 Å². The molecular formula is C11H24N2O2. The largest absolute Gasteiger partial charge is 0.380 e. The first-order valence-corrected chi connectivity index (χ1v) is 5.78. The van der Waals surface area contributed by atoms with Crippen molar-refractivity contribution in [3.8, 4) is 0 Å². The molecule has 0 aliphatic carbocycles. The molecule has 15 heavy (non-hydrogen) atoms. The Balaban J connectivity index is 2.08. The topological polar surface area (TPSA) is 33.7 Å².